The average Bonchev–Trinajstić information content (AvgIpc) is 2.95. The van der Waals surface area contributed by atoms with Crippen LogP contribution in [-0.2, 0) is 21.9 Å². The van der Waals surface area contributed by atoms with E-state index in [-0.39, 0.29) is 4.87 Å². The van der Waals surface area contributed by atoms with Gasteiger partial charge in [0.2, 0.25) is 15.9 Å². The van der Waals surface area contributed by atoms with Crippen molar-refractivity contribution in [3.8, 4) is 5.75 Å². The Morgan fingerprint density at radius 3 is 2.50 bits per heavy atom. The summed E-state index contributed by atoms with van der Waals surface area (Å²) in [4.78, 5) is 24.6. The molecule has 0 aliphatic heterocycles. The second kappa shape index (κ2) is 8.49. The maximum atomic E-state index is 12.8. The van der Waals surface area contributed by atoms with E-state index in [4.69, 9.17) is 4.74 Å². The fraction of sp³-hybridized carbons (Fsp3) is 0.300. The van der Waals surface area contributed by atoms with Crippen LogP contribution in [0.3, 0.4) is 0 Å². The summed E-state index contributed by atoms with van der Waals surface area (Å²) in [6.07, 6.45) is 1.06. The monoisotopic (exact) mass is 449 g/mol. The van der Waals surface area contributed by atoms with Gasteiger partial charge in [-0.15, -0.1) is 0 Å². The molecule has 0 saturated heterocycles. The lowest BCUT2D eigenvalue weighted by Gasteiger charge is -2.28. The van der Waals surface area contributed by atoms with E-state index in [0.717, 1.165) is 32.1 Å². The van der Waals surface area contributed by atoms with Gasteiger partial charge in [0.15, 0.2) is 0 Å². The molecule has 1 amide bonds. The van der Waals surface area contributed by atoms with Crippen molar-refractivity contribution in [2.24, 2.45) is 7.05 Å². The number of anilines is 2. The molecule has 3 aromatic rings. The van der Waals surface area contributed by atoms with Gasteiger partial charge in [-0.05, 0) is 56.3 Å². The minimum absolute atomic E-state index is 0.0967. The smallest absolute Gasteiger partial charge is 0.307 e. The van der Waals surface area contributed by atoms with Crippen LogP contribution in [0.1, 0.15) is 13.8 Å². The van der Waals surface area contributed by atoms with E-state index in [0.29, 0.717) is 23.7 Å². The summed E-state index contributed by atoms with van der Waals surface area (Å²) in [6, 6.07) is 10.7. The minimum Gasteiger partial charge on any atom is -0.494 e. The number of carbonyl (C=O) groups is 1. The first-order valence-corrected chi connectivity index (χ1v) is 11.9. The molecule has 160 valence electrons. The minimum atomic E-state index is -3.73. The highest BCUT2D eigenvalue weighted by Crippen LogP contribution is 2.25. The number of thiazole rings is 1. The van der Waals surface area contributed by atoms with E-state index < -0.39 is 22.0 Å². The molecule has 1 aromatic heterocycles. The third-order valence-corrected chi connectivity index (χ3v) is 6.79. The van der Waals surface area contributed by atoms with Gasteiger partial charge in [-0.3, -0.25) is 13.9 Å². The Morgan fingerprint density at radius 1 is 1.23 bits per heavy atom. The summed E-state index contributed by atoms with van der Waals surface area (Å²) in [5.74, 6) is 0.124. The Morgan fingerprint density at radius 2 is 1.90 bits per heavy atom. The van der Waals surface area contributed by atoms with Crippen LogP contribution in [0.25, 0.3) is 10.2 Å². The summed E-state index contributed by atoms with van der Waals surface area (Å²) in [5.41, 5.74) is 1.62. The molecule has 2 aromatic carbocycles. The zero-order valence-corrected chi connectivity index (χ0v) is 18.7. The largest absolute Gasteiger partial charge is 0.494 e. The zero-order chi connectivity index (χ0) is 22.1. The standard InChI is InChI=1S/C20H23N3O5S2/c1-5-28-16-9-7-15(8-10-16)23(30(4,26)27)13(2)19(24)21-14-6-11-17-18(12-14)29-20(25)22(17)3/h6-13H,5H2,1-4H3,(H,21,24). The highest BCUT2D eigenvalue weighted by atomic mass is 32.2. The third kappa shape index (κ3) is 4.49. The molecule has 0 fully saturated rings. The van der Waals surface area contributed by atoms with E-state index in [9.17, 15) is 18.0 Å². The number of benzene rings is 2. The molecule has 0 aliphatic carbocycles. The predicted octanol–water partition coefficient (Wildman–Crippen LogP) is 2.79. The lowest BCUT2D eigenvalue weighted by atomic mass is 10.2. The molecular formula is C20H23N3O5S2. The summed E-state index contributed by atoms with van der Waals surface area (Å²) in [6.45, 7) is 3.87. The molecule has 1 N–H and O–H groups in total. The van der Waals surface area contributed by atoms with Crippen molar-refractivity contribution in [1.29, 1.82) is 0 Å². The van der Waals surface area contributed by atoms with Crippen LogP contribution in [0.15, 0.2) is 47.3 Å². The van der Waals surface area contributed by atoms with Gasteiger partial charge in [0.25, 0.3) is 0 Å². The number of nitrogens with zero attached hydrogens (tertiary/aromatic N) is 2. The van der Waals surface area contributed by atoms with E-state index in [1.54, 1.807) is 49.5 Å². The summed E-state index contributed by atoms with van der Waals surface area (Å²) < 4.78 is 33.6. The van der Waals surface area contributed by atoms with Gasteiger partial charge in [0, 0.05) is 12.7 Å². The highest BCUT2D eigenvalue weighted by Gasteiger charge is 2.29. The lowest BCUT2D eigenvalue weighted by Crippen LogP contribution is -2.45. The van der Waals surface area contributed by atoms with Crippen molar-refractivity contribution in [2.45, 2.75) is 19.9 Å². The van der Waals surface area contributed by atoms with Crippen molar-refractivity contribution in [3.05, 3.63) is 52.1 Å². The number of carbonyl (C=O) groups excluding carboxylic acids is 1. The van der Waals surface area contributed by atoms with Crippen molar-refractivity contribution in [3.63, 3.8) is 0 Å². The number of sulfonamides is 1. The molecular weight excluding hydrogens is 426 g/mol. The molecule has 3 rings (SSSR count). The topological polar surface area (TPSA) is 97.7 Å². The fourth-order valence-corrected chi connectivity index (χ4v) is 5.22. The van der Waals surface area contributed by atoms with E-state index in [1.807, 2.05) is 6.92 Å². The van der Waals surface area contributed by atoms with Crippen LogP contribution in [0, 0.1) is 0 Å². The van der Waals surface area contributed by atoms with Gasteiger partial charge >= 0.3 is 4.87 Å². The van der Waals surface area contributed by atoms with Crippen LogP contribution in [0.5, 0.6) is 5.75 Å². The predicted molar refractivity (Wildman–Crippen MR) is 120 cm³/mol. The number of nitrogens with one attached hydrogen (secondary N) is 1. The number of amides is 1. The molecule has 0 aliphatic rings. The molecule has 0 bridgehead atoms. The number of rotatable bonds is 7. The van der Waals surface area contributed by atoms with Crippen LogP contribution >= 0.6 is 11.3 Å². The van der Waals surface area contributed by atoms with Crippen LogP contribution in [0.2, 0.25) is 0 Å². The van der Waals surface area contributed by atoms with Gasteiger partial charge in [-0.1, -0.05) is 11.3 Å². The first-order valence-electron chi connectivity index (χ1n) is 9.24. The Balaban J connectivity index is 1.86. The number of hydrogen-bond donors (Lipinski definition) is 1. The first kappa shape index (κ1) is 21.8. The maximum absolute atomic E-state index is 12.8. The molecule has 8 nitrogen and oxygen atoms in total. The molecule has 30 heavy (non-hydrogen) atoms. The number of aryl methyl sites for hydroxylation is 1. The van der Waals surface area contributed by atoms with Gasteiger partial charge < -0.3 is 14.6 Å². The van der Waals surface area contributed by atoms with Crippen molar-refractivity contribution >= 4 is 48.9 Å². The number of aromatic nitrogens is 1. The molecule has 1 atom stereocenters. The Labute approximate surface area is 178 Å². The quantitative estimate of drug-likeness (QED) is 0.598. The van der Waals surface area contributed by atoms with Crippen LogP contribution < -0.4 is 19.2 Å². The second-order valence-corrected chi connectivity index (χ2v) is 9.61. The SMILES string of the molecule is CCOc1ccc(N(C(C)C(=O)Nc2ccc3c(c2)sc(=O)n3C)S(C)(=O)=O)cc1. The van der Waals surface area contributed by atoms with Crippen LogP contribution in [0.4, 0.5) is 11.4 Å². The van der Waals surface area contributed by atoms with Crippen molar-refractivity contribution in [2.75, 3.05) is 22.5 Å². The molecule has 1 heterocycles. The van der Waals surface area contributed by atoms with Crippen molar-refractivity contribution in [1.82, 2.24) is 4.57 Å². The van der Waals surface area contributed by atoms with Gasteiger partial charge in [0.1, 0.15) is 11.8 Å². The molecule has 10 heteroatoms. The number of hydrogen-bond acceptors (Lipinski definition) is 6. The van der Waals surface area contributed by atoms with Crippen molar-refractivity contribution < 1.29 is 17.9 Å². The number of fused-ring (bicyclic) bond motifs is 1. The summed E-state index contributed by atoms with van der Waals surface area (Å²) in [5, 5.41) is 2.74. The van der Waals surface area contributed by atoms with Crippen LogP contribution in [-0.4, -0.2) is 37.8 Å². The summed E-state index contributed by atoms with van der Waals surface area (Å²) >= 11 is 1.08. The zero-order valence-electron chi connectivity index (χ0n) is 17.1. The Bertz CT molecular complexity index is 1230. The molecule has 0 spiro atoms. The average molecular weight is 450 g/mol. The van der Waals surface area contributed by atoms with Gasteiger partial charge in [-0.2, -0.15) is 0 Å². The normalized spacial score (nSPS) is 12.5. The van der Waals surface area contributed by atoms with E-state index >= 15 is 0 Å². The Kier molecular flexibility index (Phi) is 6.18. The lowest BCUT2D eigenvalue weighted by molar-refractivity contribution is -0.116. The Hall–Kier alpha value is -2.85. The maximum Gasteiger partial charge on any atom is 0.307 e. The molecule has 0 saturated carbocycles. The second-order valence-electron chi connectivity index (χ2n) is 6.76. The highest BCUT2D eigenvalue weighted by molar-refractivity contribution is 7.92. The third-order valence-electron chi connectivity index (χ3n) is 4.55. The van der Waals surface area contributed by atoms with Gasteiger partial charge in [0.05, 0.1) is 28.8 Å². The van der Waals surface area contributed by atoms with E-state index in [2.05, 4.69) is 5.32 Å². The summed E-state index contributed by atoms with van der Waals surface area (Å²) in [7, 11) is -2.04. The van der Waals surface area contributed by atoms with Gasteiger partial charge in [-0.25, -0.2) is 8.42 Å². The fourth-order valence-electron chi connectivity index (χ4n) is 3.12. The molecule has 0 radical (unpaired) electrons. The van der Waals surface area contributed by atoms with E-state index in [1.165, 1.54) is 11.5 Å². The first-order chi connectivity index (χ1) is 14.1. The molecule has 1 unspecified atom stereocenters. The number of ether oxygens (including phenoxy) is 1.